The average molecular weight is 235 g/mol. The van der Waals surface area contributed by atoms with Crippen LogP contribution < -0.4 is 16.6 Å². The molecule has 0 aliphatic rings. The van der Waals surface area contributed by atoms with E-state index in [1.165, 1.54) is 12.1 Å². The molecule has 0 bridgehead atoms. The summed E-state index contributed by atoms with van der Waals surface area (Å²) in [5.74, 6) is 4.92. The smallest absolute Gasteiger partial charge is 0.381 e. The number of halogens is 3. The van der Waals surface area contributed by atoms with Crippen molar-refractivity contribution in [2.24, 2.45) is 5.84 Å². The number of hydrogen-bond acceptors (Lipinski definition) is 4. The molecule has 0 saturated heterocycles. The van der Waals surface area contributed by atoms with E-state index in [2.05, 4.69) is 10.7 Å². The Bertz CT molecular complexity index is 343. The maximum atomic E-state index is 12.3. The predicted molar refractivity (Wildman–Crippen MR) is 53.3 cm³/mol. The molecule has 0 aliphatic heterocycles. The summed E-state index contributed by atoms with van der Waals surface area (Å²) in [6.45, 7) is 0.0117. The topological polar surface area (TPSA) is 70.3 Å². The van der Waals surface area contributed by atoms with Crippen LogP contribution in [-0.4, -0.2) is 17.9 Å². The summed E-state index contributed by atoms with van der Waals surface area (Å²) in [4.78, 5) is 0. The van der Waals surface area contributed by atoms with Crippen LogP contribution >= 0.6 is 0 Å². The summed E-state index contributed by atoms with van der Waals surface area (Å²) in [6.07, 6.45) is -5.39. The molecular weight excluding hydrogens is 223 g/mol. The fraction of sp³-hybridized carbons (Fsp3) is 0.333. The molecule has 0 fully saturated rings. The summed E-state index contributed by atoms with van der Waals surface area (Å²) >= 11 is 0. The molecule has 5 N–H and O–H groups in total. The van der Waals surface area contributed by atoms with Gasteiger partial charge in [-0.25, -0.2) is 5.43 Å². The minimum atomic E-state index is -4.37. The number of aliphatic hydroxyl groups excluding tert-OH is 1. The number of anilines is 1. The first-order valence-corrected chi connectivity index (χ1v) is 4.49. The van der Waals surface area contributed by atoms with Crippen LogP contribution in [0, 0.1) is 0 Å². The zero-order chi connectivity index (χ0) is 12.2. The molecule has 0 spiro atoms. The number of rotatable bonds is 4. The van der Waals surface area contributed by atoms with Crippen molar-refractivity contribution in [2.45, 2.75) is 12.4 Å². The average Bonchev–Trinajstić information content (AvgIpc) is 2.25. The van der Waals surface area contributed by atoms with Crippen LogP contribution in [0.1, 0.15) is 5.56 Å². The fourth-order valence-corrected chi connectivity index (χ4v) is 1.08. The first-order valence-electron chi connectivity index (χ1n) is 4.49. The second-order valence-corrected chi connectivity index (χ2v) is 3.14. The third kappa shape index (κ3) is 3.69. The molecular formula is C9H12F3N3O. The highest BCUT2D eigenvalue weighted by Crippen LogP contribution is 2.30. The molecule has 1 aromatic carbocycles. The van der Waals surface area contributed by atoms with E-state index in [4.69, 9.17) is 10.9 Å². The number of nitrogens with one attached hydrogen (secondary N) is 2. The number of nitrogens with two attached hydrogens (primary N) is 1. The van der Waals surface area contributed by atoms with Crippen molar-refractivity contribution in [2.75, 3.05) is 11.9 Å². The Morgan fingerprint density at radius 2 is 2.06 bits per heavy atom. The molecule has 0 heterocycles. The van der Waals surface area contributed by atoms with Gasteiger partial charge in [0.2, 0.25) is 0 Å². The van der Waals surface area contributed by atoms with Crippen molar-refractivity contribution in [3.8, 4) is 0 Å². The van der Waals surface area contributed by atoms with Crippen molar-refractivity contribution in [3.63, 3.8) is 0 Å². The van der Waals surface area contributed by atoms with Crippen LogP contribution in [0.5, 0.6) is 0 Å². The monoisotopic (exact) mass is 235 g/mol. The molecule has 1 rings (SSSR count). The van der Waals surface area contributed by atoms with E-state index in [0.717, 1.165) is 12.1 Å². The lowest BCUT2D eigenvalue weighted by Gasteiger charge is -2.13. The molecule has 1 unspecified atom stereocenters. The Morgan fingerprint density at radius 1 is 1.38 bits per heavy atom. The van der Waals surface area contributed by atoms with Gasteiger partial charge < -0.3 is 10.4 Å². The number of benzene rings is 1. The normalized spacial score (nSPS) is 13.6. The molecule has 90 valence electrons. The SMILES string of the molecule is NNC(O)CNc1cccc(C(F)(F)F)c1. The van der Waals surface area contributed by atoms with Gasteiger partial charge >= 0.3 is 6.18 Å². The lowest BCUT2D eigenvalue weighted by molar-refractivity contribution is -0.137. The second kappa shape index (κ2) is 5.15. The van der Waals surface area contributed by atoms with E-state index < -0.39 is 18.0 Å². The highest BCUT2D eigenvalue weighted by Gasteiger charge is 2.30. The van der Waals surface area contributed by atoms with Crippen LogP contribution in [0.2, 0.25) is 0 Å². The maximum Gasteiger partial charge on any atom is 0.416 e. The van der Waals surface area contributed by atoms with E-state index in [1.54, 1.807) is 0 Å². The Hall–Kier alpha value is -1.31. The number of hydrazine groups is 1. The van der Waals surface area contributed by atoms with Gasteiger partial charge in [0.15, 0.2) is 0 Å². The second-order valence-electron chi connectivity index (χ2n) is 3.14. The first-order chi connectivity index (χ1) is 7.43. The van der Waals surface area contributed by atoms with E-state index in [1.807, 2.05) is 0 Å². The number of aliphatic hydroxyl groups is 1. The predicted octanol–water partition coefficient (Wildman–Crippen LogP) is 0.899. The maximum absolute atomic E-state index is 12.3. The van der Waals surface area contributed by atoms with Gasteiger partial charge in [-0.1, -0.05) is 6.07 Å². The molecule has 1 atom stereocenters. The van der Waals surface area contributed by atoms with Crippen LogP contribution in [0.4, 0.5) is 18.9 Å². The van der Waals surface area contributed by atoms with Gasteiger partial charge in [-0.3, -0.25) is 5.84 Å². The van der Waals surface area contributed by atoms with Crippen molar-refractivity contribution >= 4 is 5.69 Å². The molecule has 0 aromatic heterocycles. The van der Waals surface area contributed by atoms with E-state index in [0.29, 0.717) is 0 Å². The first kappa shape index (κ1) is 12.8. The fourth-order valence-electron chi connectivity index (χ4n) is 1.08. The number of alkyl halides is 3. The van der Waals surface area contributed by atoms with Gasteiger partial charge in [0.05, 0.1) is 12.1 Å². The molecule has 0 amide bonds. The van der Waals surface area contributed by atoms with Crippen molar-refractivity contribution < 1.29 is 18.3 Å². The zero-order valence-corrected chi connectivity index (χ0v) is 8.25. The van der Waals surface area contributed by atoms with Crippen LogP contribution in [0.3, 0.4) is 0 Å². The van der Waals surface area contributed by atoms with Gasteiger partial charge in [0.25, 0.3) is 0 Å². The van der Waals surface area contributed by atoms with Gasteiger partial charge in [-0.2, -0.15) is 13.2 Å². The molecule has 1 aromatic rings. The summed E-state index contributed by atoms with van der Waals surface area (Å²) in [6, 6.07) is 4.69. The molecule has 0 aliphatic carbocycles. The van der Waals surface area contributed by atoms with Gasteiger partial charge in [-0.15, -0.1) is 0 Å². The standard InChI is InChI=1S/C9H12F3N3O/c10-9(11,12)6-2-1-3-7(4-6)14-5-8(16)15-13/h1-4,8,14-16H,5,13H2. The lowest BCUT2D eigenvalue weighted by Crippen LogP contribution is -2.39. The zero-order valence-electron chi connectivity index (χ0n) is 8.25. The van der Waals surface area contributed by atoms with Crippen molar-refractivity contribution in [1.29, 1.82) is 0 Å². The Balaban J connectivity index is 2.68. The molecule has 7 heteroatoms. The third-order valence-electron chi connectivity index (χ3n) is 1.88. The molecule has 16 heavy (non-hydrogen) atoms. The van der Waals surface area contributed by atoms with E-state index in [-0.39, 0.29) is 12.2 Å². The Labute approximate surface area is 90.2 Å². The van der Waals surface area contributed by atoms with Crippen LogP contribution in [-0.2, 0) is 6.18 Å². The van der Waals surface area contributed by atoms with Gasteiger partial charge in [-0.05, 0) is 18.2 Å². The summed E-state index contributed by atoms with van der Waals surface area (Å²) in [7, 11) is 0. The summed E-state index contributed by atoms with van der Waals surface area (Å²) < 4.78 is 37.0. The van der Waals surface area contributed by atoms with E-state index >= 15 is 0 Å². The quantitative estimate of drug-likeness (QED) is 0.355. The molecule has 0 saturated carbocycles. The highest BCUT2D eigenvalue weighted by atomic mass is 19.4. The van der Waals surface area contributed by atoms with Gasteiger partial charge in [0, 0.05) is 5.69 Å². The Kier molecular flexibility index (Phi) is 4.11. The largest absolute Gasteiger partial charge is 0.416 e. The lowest BCUT2D eigenvalue weighted by atomic mass is 10.2. The minimum Gasteiger partial charge on any atom is -0.381 e. The van der Waals surface area contributed by atoms with Crippen LogP contribution in [0.15, 0.2) is 24.3 Å². The van der Waals surface area contributed by atoms with Gasteiger partial charge in [0.1, 0.15) is 6.23 Å². The van der Waals surface area contributed by atoms with Crippen molar-refractivity contribution in [1.82, 2.24) is 5.43 Å². The van der Waals surface area contributed by atoms with Crippen LogP contribution in [0.25, 0.3) is 0 Å². The summed E-state index contributed by atoms with van der Waals surface area (Å²) in [5.41, 5.74) is 1.58. The minimum absolute atomic E-state index is 0.0117. The Morgan fingerprint density at radius 3 is 2.62 bits per heavy atom. The number of hydrogen-bond donors (Lipinski definition) is 4. The summed E-state index contributed by atoms with van der Waals surface area (Å²) in [5, 5.41) is 11.6. The molecule has 4 nitrogen and oxygen atoms in total. The molecule has 0 radical (unpaired) electrons. The van der Waals surface area contributed by atoms with Crippen molar-refractivity contribution in [3.05, 3.63) is 29.8 Å². The highest BCUT2D eigenvalue weighted by molar-refractivity contribution is 5.46. The third-order valence-corrected chi connectivity index (χ3v) is 1.88. The van der Waals surface area contributed by atoms with E-state index in [9.17, 15) is 13.2 Å².